The van der Waals surface area contributed by atoms with Crippen LogP contribution in [-0.4, -0.2) is 33.4 Å². The average molecular weight is 393 g/mol. The third-order valence-electron chi connectivity index (χ3n) is 3.76. The van der Waals surface area contributed by atoms with Crippen molar-refractivity contribution < 1.29 is 4.79 Å². The fourth-order valence-corrected chi connectivity index (χ4v) is 3.11. The molecule has 28 heavy (non-hydrogen) atoms. The van der Waals surface area contributed by atoms with Crippen LogP contribution in [0.3, 0.4) is 0 Å². The molecule has 1 aromatic heterocycles. The van der Waals surface area contributed by atoms with Gasteiger partial charge in [-0.1, -0.05) is 60.3 Å². The summed E-state index contributed by atoms with van der Waals surface area (Å²) in [4.78, 5) is 16.6. The van der Waals surface area contributed by atoms with Gasteiger partial charge in [0.2, 0.25) is 11.1 Å². The number of rotatable bonds is 7. The van der Waals surface area contributed by atoms with Gasteiger partial charge in [-0.05, 0) is 32.9 Å². The summed E-state index contributed by atoms with van der Waals surface area (Å²) in [5.74, 6) is -0.0800. The van der Waals surface area contributed by atoms with Crippen LogP contribution >= 0.6 is 11.8 Å². The van der Waals surface area contributed by atoms with Gasteiger partial charge in [-0.15, -0.1) is 15.9 Å². The summed E-state index contributed by atoms with van der Waals surface area (Å²) in [6, 6.07) is 9.83. The van der Waals surface area contributed by atoms with E-state index in [4.69, 9.17) is 4.98 Å². The van der Waals surface area contributed by atoms with Gasteiger partial charge in [-0.2, -0.15) is 0 Å². The Labute approximate surface area is 170 Å². The molecule has 0 radical (unpaired) electrons. The Morgan fingerprint density at radius 1 is 1.21 bits per heavy atom. The maximum Gasteiger partial charge on any atom is 0.233 e. The van der Waals surface area contributed by atoms with Crippen LogP contribution in [0.15, 0.2) is 71.6 Å². The molecule has 2 aromatic rings. The zero-order chi connectivity index (χ0) is 20.4. The van der Waals surface area contributed by atoms with Crippen molar-refractivity contribution in [3.8, 4) is 11.3 Å². The van der Waals surface area contributed by atoms with Crippen molar-refractivity contribution in [3.63, 3.8) is 0 Å². The van der Waals surface area contributed by atoms with Crippen molar-refractivity contribution in [2.24, 2.45) is 0 Å². The summed E-state index contributed by atoms with van der Waals surface area (Å²) in [6.07, 6.45) is 9.53. The first-order valence-electron chi connectivity index (χ1n) is 8.99. The largest absolute Gasteiger partial charge is 0.358 e. The van der Waals surface area contributed by atoms with Crippen molar-refractivity contribution >= 4 is 23.2 Å². The summed E-state index contributed by atoms with van der Waals surface area (Å²) in [5.41, 5.74) is 6.26. The highest BCUT2D eigenvalue weighted by atomic mass is 32.2. The lowest BCUT2D eigenvalue weighted by Gasteiger charge is -2.12. The first-order valence-corrected chi connectivity index (χ1v) is 9.87. The van der Waals surface area contributed by atoms with E-state index in [1.807, 2.05) is 81.5 Å². The molecule has 1 N–H and O–H groups in total. The van der Waals surface area contributed by atoms with Crippen molar-refractivity contribution in [1.29, 1.82) is 0 Å². The molecule has 0 aliphatic rings. The highest BCUT2D eigenvalue weighted by Gasteiger charge is 2.18. The van der Waals surface area contributed by atoms with Crippen LogP contribution in [0.25, 0.3) is 16.8 Å². The molecule has 0 saturated carbocycles. The molecule has 0 fully saturated rings. The van der Waals surface area contributed by atoms with Gasteiger partial charge in [0.1, 0.15) is 11.4 Å². The van der Waals surface area contributed by atoms with Crippen LogP contribution in [0.5, 0.6) is 0 Å². The van der Waals surface area contributed by atoms with Crippen LogP contribution in [0.1, 0.15) is 26.5 Å². The zero-order valence-electron chi connectivity index (χ0n) is 16.5. The number of carbonyl (C=O) groups excluding carboxylic acids is 1. The third-order valence-corrected chi connectivity index (χ3v) is 4.71. The molecule has 144 valence electrons. The number of nitrogens with zero attached hydrogens (tertiary/aromatic N) is 3. The Bertz CT molecular complexity index is 929. The molecule has 1 aromatic carbocycles. The van der Waals surface area contributed by atoms with E-state index >= 15 is 0 Å². The second-order valence-electron chi connectivity index (χ2n) is 5.78. The first-order chi connectivity index (χ1) is 13.6. The Morgan fingerprint density at radius 2 is 1.96 bits per heavy atom. The standard InChI is InChI=1S/C22H24N4OS/c1-5-7-12-18(13-8-6-2)20-19(17-14-10-9-11-15-17)24-22(26-25-20)28-16(3)21(27)23-4/h5-7,9-16H,1-4H3,(H,23,27)/b7-5-,18-12+/t8?,16-/m0/s1. The topological polar surface area (TPSA) is 67.8 Å². The molecule has 0 bridgehead atoms. The minimum atomic E-state index is -0.317. The molecule has 1 atom stereocenters. The van der Waals surface area contributed by atoms with Crippen LogP contribution < -0.4 is 5.32 Å². The van der Waals surface area contributed by atoms with Crippen molar-refractivity contribution in [3.05, 3.63) is 72.1 Å². The molecule has 0 saturated heterocycles. The fraction of sp³-hybridized carbons (Fsp3) is 0.227. The average Bonchev–Trinajstić information content (AvgIpc) is 2.74. The van der Waals surface area contributed by atoms with E-state index in [1.165, 1.54) is 11.8 Å². The normalized spacial score (nSPS) is 12.4. The van der Waals surface area contributed by atoms with Crippen molar-refractivity contribution in [1.82, 2.24) is 20.5 Å². The second kappa shape index (κ2) is 11.0. The van der Waals surface area contributed by atoms with Crippen molar-refractivity contribution in [2.75, 3.05) is 7.05 Å². The monoisotopic (exact) mass is 392 g/mol. The molecule has 5 nitrogen and oxygen atoms in total. The summed E-state index contributed by atoms with van der Waals surface area (Å²) in [6.45, 7) is 5.68. The predicted octanol–water partition coefficient (Wildman–Crippen LogP) is 4.46. The zero-order valence-corrected chi connectivity index (χ0v) is 17.3. The summed E-state index contributed by atoms with van der Waals surface area (Å²) in [7, 11) is 1.61. The minimum absolute atomic E-state index is 0.0800. The van der Waals surface area contributed by atoms with Crippen LogP contribution in [-0.2, 0) is 4.79 Å². The molecule has 6 heteroatoms. The minimum Gasteiger partial charge on any atom is -0.358 e. The Balaban J connectivity index is 2.59. The number of hydrogen-bond acceptors (Lipinski definition) is 5. The summed E-state index contributed by atoms with van der Waals surface area (Å²) in [5, 5.41) is 11.5. The van der Waals surface area contributed by atoms with E-state index < -0.39 is 0 Å². The molecule has 1 amide bonds. The number of nitrogens with one attached hydrogen (secondary N) is 1. The highest BCUT2D eigenvalue weighted by molar-refractivity contribution is 8.00. The Kier molecular flexibility index (Phi) is 8.40. The summed E-state index contributed by atoms with van der Waals surface area (Å²) >= 11 is 1.28. The van der Waals surface area contributed by atoms with E-state index in [9.17, 15) is 4.79 Å². The van der Waals surface area contributed by atoms with E-state index in [2.05, 4.69) is 21.2 Å². The quantitative estimate of drug-likeness (QED) is 0.428. The Hall–Kier alpha value is -2.95. The van der Waals surface area contributed by atoms with Gasteiger partial charge in [-0.25, -0.2) is 4.98 Å². The van der Waals surface area contributed by atoms with Crippen molar-refractivity contribution in [2.45, 2.75) is 31.2 Å². The molecule has 0 aliphatic heterocycles. The summed E-state index contributed by atoms with van der Waals surface area (Å²) < 4.78 is 0. The van der Waals surface area contributed by atoms with Gasteiger partial charge in [0.05, 0.1) is 5.25 Å². The lowest BCUT2D eigenvalue weighted by molar-refractivity contribution is -0.119. The van der Waals surface area contributed by atoms with Crippen LogP contribution in [0.2, 0.25) is 0 Å². The fourth-order valence-electron chi connectivity index (χ4n) is 2.34. The second-order valence-corrected chi connectivity index (χ2v) is 7.09. The smallest absolute Gasteiger partial charge is 0.233 e. The number of aromatic nitrogens is 3. The predicted molar refractivity (Wildman–Crippen MR) is 116 cm³/mol. The van der Waals surface area contributed by atoms with Crippen LogP contribution in [0.4, 0.5) is 0 Å². The molecule has 1 heterocycles. The number of benzene rings is 1. The SMILES string of the molecule is CC=C=C/C(=C\C=C/C)c1nnc(S[C@@H](C)C(=O)NC)nc1-c1ccccc1. The maximum absolute atomic E-state index is 11.8. The van der Waals surface area contributed by atoms with E-state index in [0.717, 1.165) is 11.1 Å². The van der Waals surface area contributed by atoms with Gasteiger partial charge in [0.15, 0.2) is 0 Å². The van der Waals surface area contributed by atoms with Gasteiger partial charge in [0, 0.05) is 18.2 Å². The van der Waals surface area contributed by atoms with E-state index in [0.29, 0.717) is 16.5 Å². The maximum atomic E-state index is 11.8. The van der Waals surface area contributed by atoms with Crippen LogP contribution in [0, 0.1) is 0 Å². The van der Waals surface area contributed by atoms with E-state index in [1.54, 1.807) is 7.05 Å². The molecular formula is C22H24N4OS. The number of hydrogen-bond donors (Lipinski definition) is 1. The highest BCUT2D eigenvalue weighted by Crippen LogP contribution is 2.29. The van der Waals surface area contributed by atoms with Gasteiger partial charge in [0.25, 0.3) is 0 Å². The van der Waals surface area contributed by atoms with Gasteiger partial charge < -0.3 is 5.32 Å². The number of thioether (sulfide) groups is 1. The van der Waals surface area contributed by atoms with Gasteiger partial charge >= 0.3 is 0 Å². The molecule has 0 aliphatic carbocycles. The molecule has 2 rings (SSSR count). The lowest BCUT2D eigenvalue weighted by atomic mass is 10.0. The van der Waals surface area contributed by atoms with Gasteiger partial charge in [-0.3, -0.25) is 4.79 Å². The Morgan fingerprint density at radius 3 is 2.61 bits per heavy atom. The molecule has 0 spiro atoms. The molecular weight excluding hydrogens is 368 g/mol. The van der Waals surface area contributed by atoms with E-state index in [-0.39, 0.29) is 11.2 Å². The first kappa shape index (κ1) is 21.4. The third kappa shape index (κ3) is 5.78. The number of amides is 1. The molecule has 0 unspecified atom stereocenters. The number of allylic oxidation sites excluding steroid dienone is 5. The number of carbonyl (C=O) groups is 1. The lowest BCUT2D eigenvalue weighted by Crippen LogP contribution is -2.27.